The summed E-state index contributed by atoms with van der Waals surface area (Å²) in [6, 6.07) is 8.59. The number of hydrogen-bond donors (Lipinski definition) is 0. The Morgan fingerprint density at radius 1 is 1.23 bits per heavy atom. The molecule has 1 amide bonds. The van der Waals surface area contributed by atoms with Crippen molar-refractivity contribution in [1.82, 2.24) is 14.7 Å². The molecule has 0 N–H and O–H groups in total. The second-order valence-corrected chi connectivity index (χ2v) is 6.85. The van der Waals surface area contributed by atoms with Gasteiger partial charge in [-0.15, -0.1) is 0 Å². The number of para-hydroxylation sites is 1. The number of ether oxygens (including phenoxy) is 1. The molecule has 0 saturated carbocycles. The lowest BCUT2D eigenvalue weighted by atomic mass is 10.1. The smallest absolute Gasteiger partial charge is 0.410 e. The first-order valence-corrected chi connectivity index (χ1v) is 7.84. The Labute approximate surface area is 130 Å². The SMILES string of the molecule is CC(C)(C)OC(=O)N1CCC(n2ncc3ccccc32)CC1. The fraction of sp³-hybridized carbons (Fsp3) is 0.529. The van der Waals surface area contributed by atoms with Gasteiger partial charge in [0.05, 0.1) is 17.8 Å². The van der Waals surface area contributed by atoms with Crippen LogP contribution in [0.1, 0.15) is 39.7 Å². The van der Waals surface area contributed by atoms with Crippen molar-refractivity contribution in [3.8, 4) is 0 Å². The second kappa shape index (κ2) is 5.63. The van der Waals surface area contributed by atoms with Crippen LogP contribution in [0.4, 0.5) is 4.79 Å². The van der Waals surface area contributed by atoms with Crippen molar-refractivity contribution in [2.45, 2.75) is 45.3 Å². The summed E-state index contributed by atoms with van der Waals surface area (Å²) in [7, 11) is 0. The summed E-state index contributed by atoms with van der Waals surface area (Å²) in [5.41, 5.74) is 0.727. The number of rotatable bonds is 1. The van der Waals surface area contributed by atoms with E-state index in [-0.39, 0.29) is 6.09 Å². The highest BCUT2D eigenvalue weighted by atomic mass is 16.6. The van der Waals surface area contributed by atoms with Crippen LogP contribution >= 0.6 is 0 Å². The van der Waals surface area contributed by atoms with Crippen LogP contribution in [0.15, 0.2) is 30.5 Å². The highest BCUT2D eigenvalue weighted by Gasteiger charge is 2.28. The third-order valence-electron chi connectivity index (χ3n) is 3.97. The van der Waals surface area contributed by atoms with Crippen molar-refractivity contribution in [1.29, 1.82) is 0 Å². The molecular weight excluding hydrogens is 278 g/mol. The van der Waals surface area contributed by atoms with Crippen molar-refractivity contribution in [2.24, 2.45) is 0 Å². The molecule has 2 aromatic rings. The van der Waals surface area contributed by atoms with Gasteiger partial charge in [-0.1, -0.05) is 18.2 Å². The van der Waals surface area contributed by atoms with Gasteiger partial charge in [0.25, 0.3) is 0 Å². The van der Waals surface area contributed by atoms with Crippen LogP contribution in [0.2, 0.25) is 0 Å². The number of aromatic nitrogens is 2. The molecule has 118 valence electrons. The van der Waals surface area contributed by atoms with Crippen molar-refractivity contribution in [2.75, 3.05) is 13.1 Å². The highest BCUT2D eigenvalue weighted by Crippen LogP contribution is 2.26. The molecule has 1 aliphatic rings. The van der Waals surface area contributed by atoms with E-state index in [0.717, 1.165) is 18.2 Å². The molecule has 1 aromatic heterocycles. The molecule has 0 radical (unpaired) electrons. The van der Waals surface area contributed by atoms with Crippen molar-refractivity contribution < 1.29 is 9.53 Å². The minimum Gasteiger partial charge on any atom is -0.444 e. The number of amides is 1. The summed E-state index contributed by atoms with van der Waals surface area (Å²) >= 11 is 0. The number of benzene rings is 1. The molecule has 3 rings (SSSR count). The molecule has 0 bridgehead atoms. The van der Waals surface area contributed by atoms with Crippen molar-refractivity contribution in [3.63, 3.8) is 0 Å². The quantitative estimate of drug-likeness (QED) is 0.808. The van der Waals surface area contributed by atoms with E-state index in [4.69, 9.17) is 4.74 Å². The molecule has 1 saturated heterocycles. The predicted molar refractivity (Wildman–Crippen MR) is 85.8 cm³/mol. The van der Waals surface area contributed by atoms with E-state index < -0.39 is 5.60 Å². The Morgan fingerprint density at radius 2 is 1.91 bits per heavy atom. The molecule has 0 spiro atoms. The Balaban J connectivity index is 1.66. The summed E-state index contributed by atoms with van der Waals surface area (Å²) in [4.78, 5) is 13.9. The van der Waals surface area contributed by atoms with Gasteiger partial charge in [0.1, 0.15) is 5.60 Å². The fourth-order valence-electron chi connectivity index (χ4n) is 2.90. The van der Waals surface area contributed by atoms with Crippen LogP contribution in [0, 0.1) is 0 Å². The second-order valence-electron chi connectivity index (χ2n) is 6.85. The summed E-state index contributed by atoms with van der Waals surface area (Å²) in [6.07, 6.45) is 3.52. The van der Waals surface area contributed by atoms with Crippen LogP contribution in [-0.4, -0.2) is 39.5 Å². The predicted octanol–water partition coefficient (Wildman–Crippen LogP) is 3.61. The molecule has 0 aliphatic carbocycles. The van der Waals surface area contributed by atoms with Gasteiger partial charge in [0.2, 0.25) is 0 Å². The molecule has 1 fully saturated rings. The molecule has 2 heterocycles. The number of likely N-dealkylation sites (tertiary alicyclic amines) is 1. The zero-order chi connectivity index (χ0) is 15.7. The molecule has 22 heavy (non-hydrogen) atoms. The van der Waals surface area contributed by atoms with E-state index in [1.54, 1.807) is 4.90 Å². The molecule has 0 unspecified atom stereocenters. The Hall–Kier alpha value is -2.04. The minimum atomic E-state index is -0.438. The van der Waals surface area contributed by atoms with E-state index >= 15 is 0 Å². The maximum absolute atomic E-state index is 12.1. The minimum absolute atomic E-state index is 0.212. The van der Waals surface area contributed by atoms with Gasteiger partial charge in [-0.25, -0.2) is 4.79 Å². The number of hydrogen-bond acceptors (Lipinski definition) is 3. The topological polar surface area (TPSA) is 47.4 Å². The molecule has 1 aromatic carbocycles. The maximum atomic E-state index is 12.1. The highest BCUT2D eigenvalue weighted by molar-refractivity contribution is 5.78. The standard InChI is InChI=1S/C17H23N3O2/c1-17(2,3)22-16(21)19-10-8-14(9-11-19)20-15-7-5-4-6-13(15)12-18-20/h4-7,12,14H,8-11H2,1-3H3. The normalized spacial score (nSPS) is 17.0. The number of piperidine rings is 1. The first-order chi connectivity index (χ1) is 10.4. The molecule has 0 atom stereocenters. The van der Waals surface area contributed by atoms with Crippen LogP contribution in [0.3, 0.4) is 0 Å². The Morgan fingerprint density at radius 3 is 2.59 bits per heavy atom. The van der Waals surface area contributed by atoms with Crippen molar-refractivity contribution >= 4 is 17.0 Å². The molecule has 5 nitrogen and oxygen atoms in total. The van der Waals surface area contributed by atoms with Crippen LogP contribution in [0.25, 0.3) is 10.9 Å². The lowest BCUT2D eigenvalue weighted by Crippen LogP contribution is -2.42. The van der Waals surface area contributed by atoms with E-state index in [9.17, 15) is 4.79 Å². The van der Waals surface area contributed by atoms with E-state index in [0.29, 0.717) is 19.1 Å². The van der Waals surface area contributed by atoms with Gasteiger partial charge in [0.15, 0.2) is 0 Å². The number of carbonyl (C=O) groups is 1. The van der Waals surface area contributed by atoms with E-state index in [1.165, 1.54) is 5.52 Å². The lowest BCUT2D eigenvalue weighted by Gasteiger charge is -2.33. The molecule has 1 aliphatic heterocycles. The maximum Gasteiger partial charge on any atom is 0.410 e. The summed E-state index contributed by atoms with van der Waals surface area (Å²) in [6.45, 7) is 7.12. The third-order valence-corrected chi connectivity index (χ3v) is 3.97. The monoisotopic (exact) mass is 301 g/mol. The first kappa shape index (κ1) is 14.9. The Kier molecular flexibility index (Phi) is 3.81. The number of nitrogens with zero attached hydrogens (tertiary/aromatic N) is 3. The summed E-state index contributed by atoms with van der Waals surface area (Å²) in [5, 5.41) is 5.69. The molecular formula is C17H23N3O2. The average molecular weight is 301 g/mol. The number of carbonyl (C=O) groups excluding carboxylic acids is 1. The van der Waals surface area contributed by atoms with Crippen LogP contribution in [0.5, 0.6) is 0 Å². The third kappa shape index (κ3) is 3.08. The van der Waals surface area contributed by atoms with Crippen molar-refractivity contribution in [3.05, 3.63) is 30.5 Å². The number of fused-ring (bicyclic) bond motifs is 1. The van der Waals surface area contributed by atoms with E-state index in [2.05, 4.69) is 21.9 Å². The molecule has 5 heteroatoms. The average Bonchev–Trinajstić information content (AvgIpc) is 2.89. The van der Waals surface area contributed by atoms with Gasteiger partial charge < -0.3 is 9.64 Å². The van der Waals surface area contributed by atoms with Gasteiger partial charge in [-0.05, 0) is 39.7 Å². The largest absolute Gasteiger partial charge is 0.444 e. The lowest BCUT2D eigenvalue weighted by molar-refractivity contribution is 0.0186. The van der Waals surface area contributed by atoms with Gasteiger partial charge in [0, 0.05) is 18.5 Å². The van der Waals surface area contributed by atoms with Gasteiger partial charge in [-0.2, -0.15) is 5.10 Å². The summed E-state index contributed by atoms with van der Waals surface area (Å²) in [5.74, 6) is 0. The zero-order valence-corrected chi connectivity index (χ0v) is 13.5. The zero-order valence-electron chi connectivity index (χ0n) is 13.5. The van der Waals surface area contributed by atoms with E-state index in [1.807, 2.05) is 39.1 Å². The van der Waals surface area contributed by atoms with Gasteiger partial charge >= 0.3 is 6.09 Å². The first-order valence-electron chi connectivity index (χ1n) is 7.84. The van der Waals surface area contributed by atoms with Gasteiger partial charge in [-0.3, -0.25) is 4.68 Å². The fourth-order valence-corrected chi connectivity index (χ4v) is 2.90. The van der Waals surface area contributed by atoms with Crippen LogP contribution in [-0.2, 0) is 4.74 Å². The Bertz CT molecular complexity index is 664. The summed E-state index contributed by atoms with van der Waals surface area (Å²) < 4.78 is 7.54. The van der Waals surface area contributed by atoms with Crippen LogP contribution < -0.4 is 0 Å².